The lowest BCUT2D eigenvalue weighted by Crippen LogP contribution is -1.99. The van der Waals surface area contributed by atoms with Crippen molar-refractivity contribution < 1.29 is 9.90 Å². The molecule has 1 N–H and O–H groups in total. The van der Waals surface area contributed by atoms with Crippen LogP contribution in [0.2, 0.25) is 0 Å². The highest BCUT2D eigenvalue weighted by atomic mass is 79.9. The van der Waals surface area contributed by atoms with Crippen molar-refractivity contribution >= 4 is 37.6 Å². The van der Waals surface area contributed by atoms with Crippen LogP contribution in [0.4, 0.5) is 0 Å². The molecule has 0 bridgehead atoms. The molecule has 0 heterocycles. The fourth-order valence-electron chi connectivity index (χ4n) is 2.11. The van der Waals surface area contributed by atoms with E-state index in [4.69, 9.17) is 0 Å². The number of phenolic OH excluding ortho intramolecular Hbond substituents is 1. The molecule has 0 fully saturated rings. The molecule has 1 aromatic carbocycles. The molecule has 0 aliphatic heterocycles. The minimum atomic E-state index is 0.137. The largest absolute Gasteiger partial charge is 0.506 e. The summed E-state index contributed by atoms with van der Waals surface area (Å²) in [6.07, 6.45) is 9.03. The Morgan fingerprint density at radius 1 is 1.00 bits per heavy atom. The highest BCUT2D eigenvalue weighted by molar-refractivity contribution is 9.11. The topological polar surface area (TPSA) is 37.3 Å². The average molecular weight is 406 g/mol. The molecule has 0 radical (unpaired) electrons. The van der Waals surface area contributed by atoms with Crippen molar-refractivity contribution in [1.29, 1.82) is 0 Å². The summed E-state index contributed by atoms with van der Waals surface area (Å²) in [5.74, 6) is 0.275. The van der Waals surface area contributed by atoms with Crippen molar-refractivity contribution in [3.05, 3.63) is 26.6 Å². The normalized spacial score (nSPS) is 10.8. The molecule has 0 unspecified atom stereocenters. The number of unbranched alkanes of at least 4 members (excludes halogenated alkanes) is 6. The van der Waals surface area contributed by atoms with Gasteiger partial charge in [-0.1, -0.05) is 45.4 Å². The van der Waals surface area contributed by atoms with Crippen LogP contribution < -0.4 is 0 Å². The van der Waals surface area contributed by atoms with Gasteiger partial charge in [-0.15, -0.1) is 0 Å². The lowest BCUT2D eigenvalue weighted by atomic mass is 10.0. The molecule has 0 atom stereocenters. The lowest BCUT2D eigenvalue weighted by Gasteiger charge is -2.05. The van der Waals surface area contributed by atoms with E-state index in [1.807, 2.05) is 0 Å². The van der Waals surface area contributed by atoms with Crippen molar-refractivity contribution in [3.63, 3.8) is 0 Å². The van der Waals surface area contributed by atoms with E-state index in [0.717, 1.165) is 12.8 Å². The van der Waals surface area contributed by atoms with Crippen LogP contribution in [-0.2, 0) is 0 Å². The quantitative estimate of drug-likeness (QED) is 0.389. The fourth-order valence-corrected chi connectivity index (χ4v) is 3.30. The molecule has 0 aliphatic carbocycles. The predicted molar refractivity (Wildman–Crippen MR) is 90.4 cm³/mol. The van der Waals surface area contributed by atoms with Gasteiger partial charge in [0.05, 0.1) is 8.95 Å². The molecule has 0 saturated carbocycles. The van der Waals surface area contributed by atoms with Crippen molar-refractivity contribution in [2.24, 2.45) is 0 Å². The number of rotatable bonds is 9. The van der Waals surface area contributed by atoms with Crippen LogP contribution in [0.25, 0.3) is 0 Å². The molecular weight excluding hydrogens is 384 g/mol. The summed E-state index contributed by atoms with van der Waals surface area (Å²) < 4.78 is 1.10. The maximum Gasteiger partial charge on any atom is 0.162 e. The third kappa shape index (κ3) is 5.96. The van der Waals surface area contributed by atoms with Crippen molar-refractivity contribution in [2.45, 2.75) is 58.3 Å². The van der Waals surface area contributed by atoms with Crippen LogP contribution >= 0.6 is 31.9 Å². The van der Waals surface area contributed by atoms with E-state index in [1.165, 1.54) is 32.1 Å². The summed E-state index contributed by atoms with van der Waals surface area (Å²) in [6.45, 7) is 2.21. The number of hydrogen-bond acceptors (Lipinski definition) is 2. The van der Waals surface area contributed by atoms with E-state index in [9.17, 15) is 9.90 Å². The number of ketones is 1. The summed E-state index contributed by atoms with van der Waals surface area (Å²) in [7, 11) is 0. The summed E-state index contributed by atoms with van der Waals surface area (Å²) in [5.41, 5.74) is 0.646. The van der Waals surface area contributed by atoms with Crippen molar-refractivity contribution in [2.75, 3.05) is 0 Å². The second kappa shape index (κ2) is 9.56. The van der Waals surface area contributed by atoms with E-state index < -0.39 is 0 Å². The number of aromatic hydroxyl groups is 1. The minimum Gasteiger partial charge on any atom is -0.506 e. The Morgan fingerprint density at radius 3 is 2.05 bits per heavy atom. The number of carbonyl (C=O) groups excluding carboxylic acids is 1. The first kappa shape index (κ1) is 17.7. The van der Waals surface area contributed by atoms with Crippen LogP contribution in [0.15, 0.2) is 21.1 Å². The number of Topliss-reactive ketones (excluding diaryl/α,β-unsaturated/α-hetero) is 1. The summed E-state index contributed by atoms with van der Waals surface area (Å²) in [6, 6.07) is 3.37. The van der Waals surface area contributed by atoms with Gasteiger partial charge in [0.2, 0.25) is 0 Å². The maximum absolute atomic E-state index is 12.1. The first-order chi connectivity index (χ1) is 9.56. The smallest absolute Gasteiger partial charge is 0.162 e. The number of benzene rings is 1. The Kier molecular flexibility index (Phi) is 8.46. The SMILES string of the molecule is CCCCCCCCCC(=O)c1cc(Br)c(O)c(Br)c1. The van der Waals surface area contributed by atoms with Crippen molar-refractivity contribution in [3.8, 4) is 5.75 Å². The molecule has 112 valence electrons. The van der Waals surface area contributed by atoms with Gasteiger partial charge in [0.25, 0.3) is 0 Å². The summed E-state index contributed by atoms with van der Waals surface area (Å²) in [5, 5.41) is 9.62. The van der Waals surface area contributed by atoms with E-state index >= 15 is 0 Å². The Balaban J connectivity index is 2.33. The molecule has 0 aliphatic rings. The van der Waals surface area contributed by atoms with Gasteiger partial charge in [-0.2, -0.15) is 0 Å². The van der Waals surface area contributed by atoms with Gasteiger partial charge in [0.1, 0.15) is 5.75 Å². The van der Waals surface area contributed by atoms with Gasteiger partial charge in [-0.3, -0.25) is 4.79 Å². The third-order valence-electron chi connectivity index (χ3n) is 3.35. The average Bonchev–Trinajstić information content (AvgIpc) is 2.43. The maximum atomic E-state index is 12.1. The first-order valence-electron chi connectivity index (χ1n) is 7.27. The second-order valence-electron chi connectivity index (χ2n) is 5.08. The minimum absolute atomic E-state index is 0.137. The molecule has 0 amide bonds. The monoisotopic (exact) mass is 404 g/mol. The van der Waals surface area contributed by atoms with Crippen LogP contribution in [0.1, 0.15) is 68.6 Å². The van der Waals surface area contributed by atoms with Gasteiger partial charge < -0.3 is 5.11 Å². The summed E-state index contributed by atoms with van der Waals surface area (Å²) >= 11 is 6.50. The molecule has 4 heteroatoms. The Labute approximate surface area is 138 Å². The predicted octanol–water partition coefficient (Wildman–Crippen LogP) is 6.24. The molecule has 20 heavy (non-hydrogen) atoms. The Bertz CT molecular complexity index is 421. The van der Waals surface area contributed by atoms with Crippen LogP contribution in [0.3, 0.4) is 0 Å². The van der Waals surface area contributed by atoms with Crippen LogP contribution in [-0.4, -0.2) is 10.9 Å². The van der Waals surface area contributed by atoms with Gasteiger partial charge in [0.15, 0.2) is 5.78 Å². The summed E-state index contributed by atoms with van der Waals surface area (Å²) in [4.78, 5) is 12.1. The van der Waals surface area contributed by atoms with E-state index in [1.54, 1.807) is 12.1 Å². The zero-order valence-electron chi connectivity index (χ0n) is 11.9. The van der Waals surface area contributed by atoms with Gasteiger partial charge >= 0.3 is 0 Å². The highest BCUT2D eigenvalue weighted by Crippen LogP contribution is 2.33. The van der Waals surface area contributed by atoms with Crippen molar-refractivity contribution in [1.82, 2.24) is 0 Å². The third-order valence-corrected chi connectivity index (χ3v) is 4.56. The first-order valence-corrected chi connectivity index (χ1v) is 8.86. The van der Waals surface area contributed by atoms with E-state index in [-0.39, 0.29) is 11.5 Å². The van der Waals surface area contributed by atoms with E-state index in [0.29, 0.717) is 20.9 Å². The standard InChI is InChI=1S/C16H22Br2O2/c1-2-3-4-5-6-7-8-9-15(19)12-10-13(17)16(20)14(18)11-12/h10-11,20H,2-9H2,1H3. The number of hydrogen-bond donors (Lipinski definition) is 1. The van der Waals surface area contributed by atoms with Crippen LogP contribution in [0, 0.1) is 0 Å². The molecule has 0 spiro atoms. The number of phenols is 1. The Hall–Kier alpha value is -0.350. The zero-order valence-corrected chi connectivity index (χ0v) is 15.1. The molecule has 2 nitrogen and oxygen atoms in total. The van der Waals surface area contributed by atoms with Gasteiger partial charge in [-0.05, 0) is 50.4 Å². The second-order valence-corrected chi connectivity index (χ2v) is 6.79. The lowest BCUT2D eigenvalue weighted by molar-refractivity contribution is 0.0979. The molecule has 0 saturated heterocycles. The molecule has 0 aromatic heterocycles. The number of halogens is 2. The highest BCUT2D eigenvalue weighted by Gasteiger charge is 2.11. The van der Waals surface area contributed by atoms with E-state index in [2.05, 4.69) is 38.8 Å². The molecule has 1 aromatic rings. The van der Waals surface area contributed by atoms with Gasteiger partial charge in [0, 0.05) is 12.0 Å². The van der Waals surface area contributed by atoms with Crippen LogP contribution in [0.5, 0.6) is 5.75 Å². The molecule has 1 rings (SSSR count). The molecular formula is C16H22Br2O2. The van der Waals surface area contributed by atoms with Gasteiger partial charge in [-0.25, -0.2) is 0 Å². The number of carbonyl (C=O) groups is 1. The fraction of sp³-hybridized carbons (Fsp3) is 0.562. The zero-order chi connectivity index (χ0) is 15.0. The Morgan fingerprint density at radius 2 is 1.50 bits per heavy atom.